The Morgan fingerprint density at radius 2 is 2.27 bits per heavy atom. The van der Waals surface area contributed by atoms with E-state index < -0.39 is 5.97 Å². The molecule has 0 aromatic heterocycles. The predicted molar refractivity (Wildman–Crippen MR) is 59.7 cm³/mol. The summed E-state index contributed by atoms with van der Waals surface area (Å²) in [4.78, 5) is 13.2. The first kappa shape index (κ1) is 12.5. The van der Waals surface area contributed by atoms with E-state index in [4.69, 9.17) is 10.8 Å². The molecule has 0 heterocycles. The molecule has 4 heteroatoms. The normalized spacial score (nSPS) is 18.1. The molecule has 0 bridgehead atoms. The highest BCUT2D eigenvalue weighted by atomic mass is 16.4. The van der Waals surface area contributed by atoms with E-state index in [0.717, 1.165) is 25.4 Å². The van der Waals surface area contributed by atoms with Crippen molar-refractivity contribution in [2.24, 2.45) is 11.7 Å². The Morgan fingerprint density at radius 3 is 2.67 bits per heavy atom. The largest absolute Gasteiger partial charge is 0.480 e. The van der Waals surface area contributed by atoms with Crippen LogP contribution in [0.5, 0.6) is 0 Å². The molecule has 1 rings (SSSR count). The first-order chi connectivity index (χ1) is 7.19. The van der Waals surface area contributed by atoms with E-state index >= 15 is 0 Å². The van der Waals surface area contributed by atoms with Gasteiger partial charge in [0.15, 0.2) is 0 Å². The average Bonchev–Trinajstić information content (AvgIpc) is 2.97. The zero-order chi connectivity index (χ0) is 11.3. The summed E-state index contributed by atoms with van der Waals surface area (Å²) in [7, 11) is 0. The van der Waals surface area contributed by atoms with Crippen LogP contribution in [0.3, 0.4) is 0 Å². The summed E-state index contributed by atoms with van der Waals surface area (Å²) in [6.45, 7) is 4.33. The Balaban J connectivity index is 2.50. The minimum atomic E-state index is -0.727. The van der Waals surface area contributed by atoms with Crippen molar-refractivity contribution >= 4 is 5.97 Å². The molecule has 1 aliphatic rings. The van der Waals surface area contributed by atoms with Crippen LogP contribution in [0.2, 0.25) is 0 Å². The first-order valence-electron chi connectivity index (χ1n) is 5.86. The molecule has 0 amide bonds. The predicted octanol–water partition coefficient (Wildman–Crippen LogP) is 0.910. The maximum atomic E-state index is 11.1. The molecule has 3 N–H and O–H groups in total. The standard InChI is InChI=1S/C11H22N2O2/c1-2-7-13(8-9-3-4-9)10(5-6-12)11(14)15/h9-10H,2-8,12H2,1H3,(H,14,15). The van der Waals surface area contributed by atoms with E-state index in [1.54, 1.807) is 0 Å². The molecule has 1 aliphatic carbocycles. The van der Waals surface area contributed by atoms with Crippen LogP contribution < -0.4 is 5.73 Å². The number of carbonyl (C=O) groups is 1. The van der Waals surface area contributed by atoms with Crippen molar-refractivity contribution in [2.45, 2.75) is 38.6 Å². The third-order valence-electron chi connectivity index (χ3n) is 2.87. The number of carboxylic acid groups (broad SMARTS) is 1. The van der Waals surface area contributed by atoms with Gasteiger partial charge in [0.1, 0.15) is 6.04 Å². The Kier molecular flexibility index (Phi) is 5.05. The Bertz CT molecular complexity index is 205. The molecule has 88 valence electrons. The lowest BCUT2D eigenvalue weighted by Gasteiger charge is -2.28. The van der Waals surface area contributed by atoms with E-state index in [9.17, 15) is 4.79 Å². The number of rotatable bonds is 8. The highest BCUT2D eigenvalue weighted by Crippen LogP contribution is 2.30. The summed E-state index contributed by atoms with van der Waals surface area (Å²) >= 11 is 0. The van der Waals surface area contributed by atoms with E-state index in [-0.39, 0.29) is 6.04 Å². The van der Waals surface area contributed by atoms with Crippen molar-refractivity contribution in [3.8, 4) is 0 Å². The zero-order valence-electron chi connectivity index (χ0n) is 9.48. The number of hydrogen-bond acceptors (Lipinski definition) is 3. The SMILES string of the molecule is CCCN(CC1CC1)C(CCN)C(=O)O. The van der Waals surface area contributed by atoms with Gasteiger partial charge in [-0.1, -0.05) is 6.92 Å². The van der Waals surface area contributed by atoms with E-state index in [0.29, 0.717) is 13.0 Å². The van der Waals surface area contributed by atoms with Crippen molar-refractivity contribution in [1.29, 1.82) is 0 Å². The summed E-state index contributed by atoms with van der Waals surface area (Å²) in [6.07, 6.45) is 4.08. The Morgan fingerprint density at radius 1 is 1.60 bits per heavy atom. The van der Waals surface area contributed by atoms with Gasteiger partial charge in [-0.2, -0.15) is 0 Å². The summed E-state index contributed by atoms with van der Waals surface area (Å²) in [5, 5.41) is 9.14. The van der Waals surface area contributed by atoms with Gasteiger partial charge >= 0.3 is 5.97 Å². The molecule has 0 aromatic rings. The van der Waals surface area contributed by atoms with E-state index in [1.807, 2.05) is 0 Å². The summed E-state index contributed by atoms with van der Waals surface area (Å²) < 4.78 is 0. The lowest BCUT2D eigenvalue weighted by atomic mass is 10.1. The fraction of sp³-hybridized carbons (Fsp3) is 0.909. The van der Waals surface area contributed by atoms with Gasteiger partial charge in [0.05, 0.1) is 0 Å². The smallest absolute Gasteiger partial charge is 0.320 e. The van der Waals surface area contributed by atoms with Crippen LogP contribution in [-0.2, 0) is 4.79 Å². The average molecular weight is 214 g/mol. The lowest BCUT2D eigenvalue weighted by molar-refractivity contribution is -0.143. The number of carboxylic acids is 1. The molecular formula is C11H22N2O2. The number of hydrogen-bond donors (Lipinski definition) is 2. The van der Waals surface area contributed by atoms with Crippen LogP contribution >= 0.6 is 0 Å². The molecule has 0 saturated heterocycles. The van der Waals surface area contributed by atoms with Crippen molar-refractivity contribution in [2.75, 3.05) is 19.6 Å². The molecule has 1 atom stereocenters. The van der Waals surface area contributed by atoms with Gasteiger partial charge in [-0.25, -0.2) is 0 Å². The molecule has 0 aliphatic heterocycles. The second-order valence-corrected chi connectivity index (χ2v) is 4.37. The molecule has 0 spiro atoms. The highest BCUT2D eigenvalue weighted by Gasteiger charge is 2.30. The Labute approximate surface area is 91.4 Å². The Hall–Kier alpha value is -0.610. The first-order valence-corrected chi connectivity index (χ1v) is 5.86. The van der Waals surface area contributed by atoms with Gasteiger partial charge in [0.25, 0.3) is 0 Å². The molecule has 0 radical (unpaired) electrons. The van der Waals surface area contributed by atoms with Crippen LogP contribution in [-0.4, -0.2) is 41.7 Å². The van der Waals surface area contributed by atoms with Crippen LogP contribution in [0.1, 0.15) is 32.6 Å². The number of nitrogens with zero attached hydrogens (tertiary/aromatic N) is 1. The maximum absolute atomic E-state index is 11.1. The molecule has 4 nitrogen and oxygen atoms in total. The summed E-state index contributed by atoms with van der Waals surface area (Å²) in [5.74, 6) is 0.00530. The fourth-order valence-corrected chi connectivity index (χ4v) is 1.91. The van der Waals surface area contributed by atoms with Gasteiger partial charge in [0, 0.05) is 6.54 Å². The highest BCUT2D eigenvalue weighted by molar-refractivity contribution is 5.73. The topological polar surface area (TPSA) is 66.6 Å². The van der Waals surface area contributed by atoms with Gasteiger partial charge in [-0.05, 0) is 44.7 Å². The minimum Gasteiger partial charge on any atom is -0.480 e. The van der Waals surface area contributed by atoms with Crippen LogP contribution in [0, 0.1) is 5.92 Å². The molecule has 1 unspecified atom stereocenters. The van der Waals surface area contributed by atoms with Gasteiger partial charge in [0.2, 0.25) is 0 Å². The summed E-state index contributed by atoms with van der Waals surface area (Å²) in [5.41, 5.74) is 5.46. The fourth-order valence-electron chi connectivity index (χ4n) is 1.91. The molecular weight excluding hydrogens is 192 g/mol. The lowest BCUT2D eigenvalue weighted by Crippen LogP contribution is -2.44. The van der Waals surface area contributed by atoms with Crippen molar-refractivity contribution in [3.05, 3.63) is 0 Å². The second kappa shape index (κ2) is 6.08. The van der Waals surface area contributed by atoms with Gasteiger partial charge in [-0.3, -0.25) is 9.69 Å². The number of aliphatic carboxylic acids is 1. The third-order valence-corrected chi connectivity index (χ3v) is 2.87. The summed E-state index contributed by atoms with van der Waals surface area (Å²) in [6, 6.07) is -0.379. The van der Waals surface area contributed by atoms with Crippen molar-refractivity contribution in [1.82, 2.24) is 4.90 Å². The molecule has 1 saturated carbocycles. The second-order valence-electron chi connectivity index (χ2n) is 4.37. The zero-order valence-corrected chi connectivity index (χ0v) is 9.48. The monoisotopic (exact) mass is 214 g/mol. The van der Waals surface area contributed by atoms with E-state index in [2.05, 4.69) is 11.8 Å². The molecule has 15 heavy (non-hydrogen) atoms. The molecule has 1 fully saturated rings. The van der Waals surface area contributed by atoms with Gasteiger partial charge < -0.3 is 10.8 Å². The van der Waals surface area contributed by atoms with Crippen molar-refractivity contribution in [3.63, 3.8) is 0 Å². The van der Waals surface area contributed by atoms with Crippen LogP contribution in [0.25, 0.3) is 0 Å². The maximum Gasteiger partial charge on any atom is 0.320 e. The van der Waals surface area contributed by atoms with Crippen LogP contribution in [0.15, 0.2) is 0 Å². The third kappa shape index (κ3) is 4.18. The molecule has 0 aromatic carbocycles. The minimum absolute atomic E-state index is 0.379. The number of nitrogens with two attached hydrogens (primary N) is 1. The van der Waals surface area contributed by atoms with Gasteiger partial charge in [-0.15, -0.1) is 0 Å². The van der Waals surface area contributed by atoms with Crippen LogP contribution in [0.4, 0.5) is 0 Å². The quantitative estimate of drug-likeness (QED) is 0.630. The van der Waals surface area contributed by atoms with Crippen molar-refractivity contribution < 1.29 is 9.90 Å². The van der Waals surface area contributed by atoms with E-state index in [1.165, 1.54) is 12.8 Å².